The van der Waals surface area contributed by atoms with Crippen LogP contribution < -0.4 is 10.5 Å². The lowest BCUT2D eigenvalue weighted by Gasteiger charge is -2.11. The Morgan fingerprint density at radius 3 is 2.45 bits per heavy atom. The summed E-state index contributed by atoms with van der Waals surface area (Å²) in [6.45, 7) is -0.312. The quantitative estimate of drug-likeness (QED) is 0.619. The van der Waals surface area contributed by atoms with Gasteiger partial charge in [-0.1, -0.05) is 30.4 Å². The minimum atomic E-state index is -4.30. The van der Waals surface area contributed by atoms with Gasteiger partial charge in [-0.25, -0.2) is 13.1 Å². The molecule has 0 amide bonds. The molecule has 0 aliphatic carbocycles. The molecule has 1 aromatic rings. The SMILES string of the molecule is NC(=S)c1ccccc1S(=O)(=O)NCCCC(F)(F)F. The van der Waals surface area contributed by atoms with Crippen LogP contribution in [0.3, 0.4) is 0 Å². The van der Waals surface area contributed by atoms with Gasteiger partial charge in [0.15, 0.2) is 0 Å². The van der Waals surface area contributed by atoms with Crippen LogP contribution >= 0.6 is 12.2 Å². The first-order chi connectivity index (χ1) is 9.13. The molecule has 1 rings (SSSR count). The molecule has 0 fully saturated rings. The van der Waals surface area contributed by atoms with Crippen LogP contribution in [-0.2, 0) is 10.0 Å². The fourth-order valence-electron chi connectivity index (χ4n) is 1.48. The monoisotopic (exact) mass is 326 g/mol. The van der Waals surface area contributed by atoms with Crippen molar-refractivity contribution in [3.8, 4) is 0 Å². The lowest BCUT2D eigenvalue weighted by atomic mass is 10.2. The Hall–Kier alpha value is -1.19. The molecule has 3 N–H and O–H groups in total. The molecule has 0 bridgehead atoms. The number of rotatable bonds is 6. The fourth-order valence-corrected chi connectivity index (χ4v) is 3.01. The predicted octanol–water partition coefficient (Wildman–Crippen LogP) is 1.94. The summed E-state index contributed by atoms with van der Waals surface area (Å²) >= 11 is 4.74. The molecule has 0 radical (unpaired) electrons. The second-order valence-corrected chi connectivity index (χ2v) is 6.15. The smallest absolute Gasteiger partial charge is 0.389 e. The summed E-state index contributed by atoms with van der Waals surface area (Å²) in [7, 11) is -3.94. The summed E-state index contributed by atoms with van der Waals surface area (Å²) in [5.74, 6) is 0. The molecule has 0 atom stereocenters. The standard InChI is InChI=1S/C11H13F3N2O2S2/c12-11(13,14)6-3-7-16-20(17,18)9-5-2-1-4-8(9)10(15)19/h1-2,4-5,16H,3,6-7H2,(H2,15,19). The van der Waals surface area contributed by atoms with Crippen molar-refractivity contribution in [3.05, 3.63) is 29.8 Å². The van der Waals surface area contributed by atoms with Crippen LogP contribution in [-0.4, -0.2) is 26.1 Å². The van der Waals surface area contributed by atoms with E-state index in [1.165, 1.54) is 18.2 Å². The minimum Gasteiger partial charge on any atom is -0.389 e. The second-order valence-electron chi connectivity index (χ2n) is 3.98. The molecule has 0 saturated heterocycles. The van der Waals surface area contributed by atoms with E-state index >= 15 is 0 Å². The van der Waals surface area contributed by atoms with Crippen molar-refractivity contribution in [3.63, 3.8) is 0 Å². The summed E-state index contributed by atoms with van der Waals surface area (Å²) in [6.07, 6.45) is -5.69. The normalized spacial score (nSPS) is 12.3. The highest BCUT2D eigenvalue weighted by Crippen LogP contribution is 2.21. The molecule has 0 aromatic heterocycles. The molecule has 9 heteroatoms. The van der Waals surface area contributed by atoms with E-state index in [9.17, 15) is 21.6 Å². The van der Waals surface area contributed by atoms with Crippen LogP contribution in [0.15, 0.2) is 29.2 Å². The number of hydrogen-bond donors (Lipinski definition) is 2. The Morgan fingerprint density at radius 1 is 1.30 bits per heavy atom. The fraction of sp³-hybridized carbons (Fsp3) is 0.364. The second kappa shape index (κ2) is 6.51. The van der Waals surface area contributed by atoms with Gasteiger partial charge in [0.25, 0.3) is 0 Å². The Bertz CT molecular complexity index is 586. The van der Waals surface area contributed by atoms with E-state index in [2.05, 4.69) is 4.72 Å². The molecule has 20 heavy (non-hydrogen) atoms. The summed E-state index contributed by atoms with van der Waals surface area (Å²) in [4.78, 5) is -0.235. The molecular formula is C11H13F3N2O2S2. The third-order valence-electron chi connectivity index (χ3n) is 2.37. The first kappa shape index (κ1) is 16.9. The van der Waals surface area contributed by atoms with Gasteiger partial charge < -0.3 is 5.73 Å². The highest BCUT2D eigenvalue weighted by atomic mass is 32.2. The van der Waals surface area contributed by atoms with Crippen LogP contribution in [0.25, 0.3) is 0 Å². The van der Waals surface area contributed by atoms with Gasteiger partial charge in [0.05, 0.1) is 4.90 Å². The van der Waals surface area contributed by atoms with Crippen LogP contribution in [0.4, 0.5) is 13.2 Å². The molecule has 112 valence electrons. The summed E-state index contributed by atoms with van der Waals surface area (Å²) in [5.41, 5.74) is 5.57. The molecule has 0 aliphatic rings. The first-order valence-corrected chi connectivity index (χ1v) is 7.48. The summed E-state index contributed by atoms with van der Waals surface area (Å²) in [6, 6.07) is 5.77. The van der Waals surface area contributed by atoms with Crippen LogP contribution in [0.2, 0.25) is 0 Å². The van der Waals surface area contributed by atoms with Crippen LogP contribution in [0.1, 0.15) is 18.4 Å². The number of hydrogen-bond acceptors (Lipinski definition) is 3. The number of nitrogens with two attached hydrogens (primary N) is 1. The predicted molar refractivity (Wildman–Crippen MR) is 72.8 cm³/mol. The van der Waals surface area contributed by atoms with Crippen molar-refractivity contribution >= 4 is 27.2 Å². The third kappa shape index (κ3) is 5.06. The van der Waals surface area contributed by atoms with Gasteiger partial charge in [-0.3, -0.25) is 0 Å². The molecule has 0 heterocycles. The van der Waals surface area contributed by atoms with E-state index in [1.54, 1.807) is 6.07 Å². The molecule has 0 saturated carbocycles. The third-order valence-corrected chi connectivity index (χ3v) is 4.11. The summed E-state index contributed by atoms with van der Waals surface area (Å²) in [5, 5.41) is 0. The number of benzene rings is 1. The van der Waals surface area contributed by atoms with Crippen molar-refractivity contribution in [1.29, 1.82) is 0 Å². The van der Waals surface area contributed by atoms with Crippen molar-refractivity contribution in [2.75, 3.05) is 6.54 Å². The Kier molecular flexibility index (Phi) is 5.49. The van der Waals surface area contributed by atoms with Gasteiger partial charge in [-0.15, -0.1) is 0 Å². The van der Waals surface area contributed by atoms with Gasteiger partial charge in [0.2, 0.25) is 10.0 Å². The number of halogens is 3. The lowest BCUT2D eigenvalue weighted by molar-refractivity contribution is -0.135. The average Bonchev–Trinajstić information content (AvgIpc) is 2.33. The van der Waals surface area contributed by atoms with E-state index in [1.807, 2.05) is 0 Å². The summed E-state index contributed by atoms with van der Waals surface area (Å²) < 4.78 is 61.9. The van der Waals surface area contributed by atoms with Crippen molar-refractivity contribution < 1.29 is 21.6 Å². The van der Waals surface area contributed by atoms with E-state index in [-0.39, 0.29) is 28.4 Å². The Labute approximate surface area is 120 Å². The maximum Gasteiger partial charge on any atom is 0.389 e. The Balaban J connectivity index is 2.78. The van der Waals surface area contributed by atoms with Crippen molar-refractivity contribution in [2.45, 2.75) is 23.9 Å². The van der Waals surface area contributed by atoms with E-state index in [4.69, 9.17) is 18.0 Å². The molecule has 0 unspecified atom stereocenters. The topological polar surface area (TPSA) is 72.2 Å². The van der Waals surface area contributed by atoms with Crippen molar-refractivity contribution in [2.24, 2.45) is 5.73 Å². The zero-order chi connectivity index (χ0) is 15.4. The van der Waals surface area contributed by atoms with E-state index in [0.29, 0.717) is 0 Å². The maximum absolute atomic E-state index is 12.0. The van der Waals surface area contributed by atoms with E-state index < -0.39 is 22.6 Å². The van der Waals surface area contributed by atoms with Gasteiger partial charge in [0, 0.05) is 18.5 Å². The molecule has 0 aliphatic heterocycles. The zero-order valence-electron chi connectivity index (χ0n) is 10.3. The van der Waals surface area contributed by atoms with E-state index in [0.717, 1.165) is 0 Å². The van der Waals surface area contributed by atoms with Crippen LogP contribution in [0, 0.1) is 0 Å². The highest BCUT2D eigenvalue weighted by Gasteiger charge is 2.26. The number of nitrogens with one attached hydrogen (secondary N) is 1. The number of alkyl halides is 3. The molecule has 1 aromatic carbocycles. The lowest BCUT2D eigenvalue weighted by Crippen LogP contribution is -2.28. The first-order valence-electron chi connectivity index (χ1n) is 5.59. The van der Waals surface area contributed by atoms with Gasteiger partial charge in [-0.05, 0) is 12.5 Å². The number of thiocarbonyl (C=S) groups is 1. The van der Waals surface area contributed by atoms with Gasteiger partial charge in [0.1, 0.15) is 4.99 Å². The number of sulfonamides is 1. The van der Waals surface area contributed by atoms with Gasteiger partial charge in [-0.2, -0.15) is 13.2 Å². The highest BCUT2D eigenvalue weighted by molar-refractivity contribution is 7.89. The van der Waals surface area contributed by atoms with Crippen molar-refractivity contribution in [1.82, 2.24) is 4.72 Å². The molecule has 4 nitrogen and oxygen atoms in total. The maximum atomic E-state index is 12.0. The molecular weight excluding hydrogens is 313 g/mol. The Morgan fingerprint density at radius 2 is 1.90 bits per heavy atom. The van der Waals surface area contributed by atoms with Gasteiger partial charge >= 0.3 is 6.18 Å². The zero-order valence-corrected chi connectivity index (χ0v) is 11.9. The van der Waals surface area contributed by atoms with Crippen LogP contribution in [0.5, 0.6) is 0 Å². The largest absolute Gasteiger partial charge is 0.389 e. The minimum absolute atomic E-state index is 0.0960. The average molecular weight is 326 g/mol. The molecule has 0 spiro atoms.